The lowest BCUT2D eigenvalue weighted by molar-refractivity contribution is -0.187. The van der Waals surface area contributed by atoms with Gasteiger partial charge in [0.1, 0.15) is 6.10 Å². The van der Waals surface area contributed by atoms with Gasteiger partial charge in [-0.1, -0.05) is 13.8 Å². The summed E-state index contributed by atoms with van der Waals surface area (Å²) in [4.78, 5) is 0. The van der Waals surface area contributed by atoms with Crippen molar-refractivity contribution in [3.63, 3.8) is 0 Å². The lowest BCUT2D eigenvalue weighted by Crippen LogP contribution is -2.47. The zero-order valence-electron chi connectivity index (χ0n) is 12.6. The highest BCUT2D eigenvalue weighted by Gasteiger charge is 2.45. The molecule has 2 fully saturated rings. The van der Waals surface area contributed by atoms with E-state index in [1.54, 1.807) is 0 Å². The molecule has 0 saturated carbocycles. The third-order valence-electron chi connectivity index (χ3n) is 3.97. The van der Waals surface area contributed by atoms with Crippen LogP contribution in [0.2, 0.25) is 0 Å². The molecule has 6 atom stereocenters. The highest BCUT2D eigenvalue weighted by atomic mass is 32.2. The minimum atomic E-state index is -4.22. The Labute approximate surface area is 130 Å². The van der Waals surface area contributed by atoms with Crippen molar-refractivity contribution >= 4 is 21.9 Å². The summed E-state index contributed by atoms with van der Waals surface area (Å²) in [5.74, 6) is 0. The lowest BCUT2D eigenvalue weighted by atomic mass is 10.1. The second-order valence-electron chi connectivity index (χ2n) is 5.73. The molecule has 0 aromatic heterocycles. The Hall–Kier alpha value is 0.140. The molecule has 0 bridgehead atoms. The van der Waals surface area contributed by atoms with Crippen molar-refractivity contribution < 1.29 is 27.2 Å². The van der Waals surface area contributed by atoms with E-state index in [0.29, 0.717) is 23.7 Å². The Kier molecular flexibility index (Phi) is 5.95. The van der Waals surface area contributed by atoms with Crippen molar-refractivity contribution in [1.29, 1.82) is 0 Å². The first-order valence-electron chi connectivity index (χ1n) is 7.24. The predicted octanol–water partition coefficient (Wildman–Crippen LogP) is 1.00. The first-order chi connectivity index (χ1) is 9.79. The average molecular weight is 339 g/mol. The van der Waals surface area contributed by atoms with Crippen molar-refractivity contribution in [3.8, 4) is 0 Å². The monoisotopic (exact) mass is 339 g/mol. The maximum absolute atomic E-state index is 10.8. The largest absolute Gasteiger partial charge is 0.748 e. The third-order valence-corrected chi connectivity index (χ3v) is 6.58. The van der Waals surface area contributed by atoms with Gasteiger partial charge in [-0.15, -0.1) is 0 Å². The van der Waals surface area contributed by atoms with Crippen molar-refractivity contribution in [2.75, 3.05) is 19.8 Å². The van der Waals surface area contributed by atoms with E-state index in [-0.39, 0.29) is 31.3 Å². The molecule has 2 rings (SSSR count). The van der Waals surface area contributed by atoms with Gasteiger partial charge < -0.3 is 18.8 Å². The van der Waals surface area contributed by atoms with E-state index < -0.39 is 15.4 Å². The van der Waals surface area contributed by atoms with Crippen LogP contribution in [0.3, 0.4) is 0 Å². The van der Waals surface area contributed by atoms with Crippen LogP contribution in [0.4, 0.5) is 0 Å². The quantitative estimate of drug-likeness (QED) is 0.527. The standard InChI is InChI=1S/C13H24O6S2/c1-8(21(14,15)16)4-5-17-6-11-7-18-12-9(2)20-10(3)13(12)19-11/h8-13H,4-7H2,1-3H3,(H,14,15,16)/p-1. The topological polar surface area (TPSA) is 84.9 Å². The van der Waals surface area contributed by atoms with Gasteiger partial charge >= 0.3 is 0 Å². The number of thioether (sulfide) groups is 1. The summed E-state index contributed by atoms with van der Waals surface area (Å²) < 4.78 is 49.6. The minimum absolute atomic E-state index is 0.0910. The molecular formula is C13H23O6S2-. The summed E-state index contributed by atoms with van der Waals surface area (Å²) in [6, 6.07) is 0. The molecular weight excluding hydrogens is 316 g/mol. The first kappa shape index (κ1) is 17.5. The Morgan fingerprint density at radius 1 is 1.33 bits per heavy atom. The zero-order valence-corrected chi connectivity index (χ0v) is 14.2. The van der Waals surface area contributed by atoms with E-state index in [1.807, 2.05) is 11.8 Å². The molecule has 2 heterocycles. The summed E-state index contributed by atoms with van der Waals surface area (Å²) >= 11 is 1.87. The SMILES string of the molecule is CC1SC(C)C2OC(COCCC(C)S(=O)(=O)[O-])COC12. The van der Waals surface area contributed by atoms with Crippen LogP contribution in [0.5, 0.6) is 0 Å². The lowest BCUT2D eigenvalue weighted by Gasteiger charge is -2.34. The Morgan fingerprint density at radius 2 is 2.00 bits per heavy atom. The molecule has 21 heavy (non-hydrogen) atoms. The predicted molar refractivity (Wildman–Crippen MR) is 79.5 cm³/mol. The molecule has 0 aliphatic carbocycles. The first-order valence-corrected chi connectivity index (χ1v) is 9.65. The number of rotatable bonds is 6. The molecule has 6 unspecified atom stereocenters. The third kappa shape index (κ3) is 4.56. The molecule has 0 spiro atoms. The Morgan fingerprint density at radius 3 is 2.67 bits per heavy atom. The summed E-state index contributed by atoms with van der Waals surface area (Å²) in [6.45, 7) is 6.78. The molecule has 124 valence electrons. The highest BCUT2D eigenvalue weighted by Crippen LogP contribution is 2.39. The van der Waals surface area contributed by atoms with Crippen LogP contribution in [0.25, 0.3) is 0 Å². The van der Waals surface area contributed by atoms with Crippen molar-refractivity contribution in [2.24, 2.45) is 0 Å². The molecule has 0 aromatic rings. The van der Waals surface area contributed by atoms with Crippen molar-refractivity contribution in [3.05, 3.63) is 0 Å². The van der Waals surface area contributed by atoms with Crippen molar-refractivity contribution in [1.82, 2.24) is 0 Å². The Balaban J connectivity index is 1.69. The second-order valence-corrected chi connectivity index (χ2v) is 9.28. The fourth-order valence-electron chi connectivity index (χ4n) is 2.62. The summed E-state index contributed by atoms with van der Waals surface area (Å²) in [6.07, 6.45) is 0.313. The van der Waals surface area contributed by atoms with Crippen LogP contribution in [-0.2, 0) is 24.3 Å². The molecule has 8 heteroatoms. The maximum Gasteiger partial charge on any atom is 0.105 e. The normalized spacial score (nSPS) is 38.2. The van der Waals surface area contributed by atoms with Gasteiger partial charge in [-0.05, 0) is 13.3 Å². The molecule has 0 radical (unpaired) electrons. The van der Waals surface area contributed by atoms with Crippen LogP contribution >= 0.6 is 11.8 Å². The van der Waals surface area contributed by atoms with Crippen LogP contribution in [0, 0.1) is 0 Å². The molecule has 6 nitrogen and oxygen atoms in total. The number of fused-ring (bicyclic) bond motifs is 1. The van der Waals surface area contributed by atoms with Gasteiger partial charge in [0, 0.05) is 22.4 Å². The van der Waals surface area contributed by atoms with Gasteiger partial charge in [0.15, 0.2) is 0 Å². The molecule has 2 saturated heterocycles. The fraction of sp³-hybridized carbons (Fsp3) is 1.00. The van der Waals surface area contributed by atoms with E-state index in [1.165, 1.54) is 6.92 Å². The summed E-state index contributed by atoms with van der Waals surface area (Å²) in [7, 11) is -4.22. The molecule has 2 aliphatic rings. The van der Waals surface area contributed by atoms with Crippen LogP contribution < -0.4 is 0 Å². The van der Waals surface area contributed by atoms with Gasteiger partial charge in [0.25, 0.3) is 0 Å². The molecule has 0 aromatic carbocycles. The summed E-state index contributed by atoms with van der Waals surface area (Å²) in [5, 5.41) is -0.0779. The number of ether oxygens (including phenoxy) is 3. The van der Waals surface area contributed by atoms with Crippen LogP contribution in [0.15, 0.2) is 0 Å². The van der Waals surface area contributed by atoms with Gasteiger partial charge in [-0.3, -0.25) is 0 Å². The minimum Gasteiger partial charge on any atom is -0.748 e. The highest BCUT2D eigenvalue weighted by molar-refractivity contribution is 8.00. The second kappa shape index (κ2) is 7.14. The van der Waals surface area contributed by atoms with Gasteiger partial charge in [0.05, 0.1) is 35.5 Å². The van der Waals surface area contributed by atoms with E-state index in [2.05, 4.69) is 13.8 Å². The van der Waals surface area contributed by atoms with E-state index >= 15 is 0 Å². The zero-order chi connectivity index (χ0) is 15.6. The van der Waals surface area contributed by atoms with E-state index in [9.17, 15) is 13.0 Å². The Bertz CT molecular complexity index is 440. The van der Waals surface area contributed by atoms with Crippen molar-refractivity contribution in [2.45, 2.75) is 61.3 Å². The number of hydrogen-bond acceptors (Lipinski definition) is 7. The number of hydrogen-bond donors (Lipinski definition) is 0. The molecule has 0 amide bonds. The van der Waals surface area contributed by atoms with E-state index in [4.69, 9.17) is 14.2 Å². The van der Waals surface area contributed by atoms with E-state index in [0.717, 1.165) is 0 Å². The maximum atomic E-state index is 10.8. The smallest absolute Gasteiger partial charge is 0.105 e. The van der Waals surface area contributed by atoms with Gasteiger partial charge in [-0.25, -0.2) is 8.42 Å². The van der Waals surface area contributed by atoms with Crippen LogP contribution in [0.1, 0.15) is 27.2 Å². The van der Waals surface area contributed by atoms with Crippen LogP contribution in [-0.4, -0.2) is 66.9 Å². The summed E-state index contributed by atoms with van der Waals surface area (Å²) in [5.41, 5.74) is 0. The van der Waals surface area contributed by atoms with Gasteiger partial charge in [0.2, 0.25) is 0 Å². The molecule has 2 aliphatic heterocycles. The van der Waals surface area contributed by atoms with Gasteiger partial charge in [-0.2, -0.15) is 11.8 Å². The average Bonchev–Trinajstić information content (AvgIpc) is 2.68. The fourth-order valence-corrected chi connectivity index (χ4v) is 4.45. The molecule has 0 N–H and O–H groups in total.